The molecule has 0 amide bonds. The number of fused-ring (bicyclic) bond motifs is 3. The number of hydrogen-bond donors (Lipinski definition) is 1. The fourth-order valence-corrected chi connectivity index (χ4v) is 5.11. The number of nitrogens with two attached hydrogens (primary N) is 1. The van der Waals surface area contributed by atoms with Gasteiger partial charge in [0, 0.05) is 60.0 Å². The van der Waals surface area contributed by atoms with Gasteiger partial charge in [-0.15, -0.1) is 5.10 Å². The standard InChI is InChI=1S/C27H33N9O4/c1-32-22-24(30-26(28)36-25(22)29-23(31-36)21-4-3-15-40-21)35(27(32)37)14-13-33-9-11-34(12-10-33)18-19-5-7-20(8-6-19)39-17-16-38-2/h3-8,15H,9-14,16-18H2,1-2H3,(H2,28,30). The molecular formula is C27H33N9O4. The number of nitrogens with zero attached hydrogens (tertiary/aromatic N) is 8. The SMILES string of the molecule is COCCOc1ccc(CN2CCN(CCn3c(=O)n(C)c4c3nc(N)n3nc(-c5ccco5)nc43)CC2)cc1. The maximum Gasteiger partial charge on any atom is 0.330 e. The Morgan fingerprint density at radius 3 is 2.48 bits per heavy atom. The summed E-state index contributed by atoms with van der Waals surface area (Å²) in [5.74, 6) is 1.92. The van der Waals surface area contributed by atoms with Crippen molar-refractivity contribution in [3.8, 4) is 17.3 Å². The number of nitrogen functional groups attached to an aromatic ring is 1. The van der Waals surface area contributed by atoms with Gasteiger partial charge in [0.2, 0.25) is 11.8 Å². The molecule has 5 heterocycles. The maximum absolute atomic E-state index is 13.2. The van der Waals surface area contributed by atoms with Crippen LogP contribution in [0.4, 0.5) is 5.95 Å². The van der Waals surface area contributed by atoms with E-state index in [4.69, 9.17) is 19.6 Å². The Bertz CT molecular complexity index is 1650. The zero-order chi connectivity index (χ0) is 27.6. The van der Waals surface area contributed by atoms with Crippen LogP contribution in [-0.2, 0) is 24.9 Å². The minimum Gasteiger partial charge on any atom is -0.491 e. The lowest BCUT2D eigenvalue weighted by atomic mass is 10.2. The molecular weight excluding hydrogens is 514 g/mol. The number of piperazine rings is 1. The molecule has 4 aromatic heterocycles. The van der Waals surface area contributed by atoms with Gasteiger partial charge in [0.15, 0.2) is 17.1 Å². The average molecular weight is 548 g/mol. The van der Waals surface area contributed by atoms with Crippen LogP contribution in [0.5, 0.6) is 5.75 Å². The molecule has 13 heteroatoms. The van der Waals surface area contributed by atoms with Crippen LogP contribution in [0.2, 0.25) is 0 Å². The van der Waals surface area contributed by atoms with Crippen molar-refractivity contribution in [2.24, 2.45) is 7.05 Å². The molecule has 1 fully saturated rings. The van der Waals surface area contributed by atoms with E-state index in [-0.39, 0.29) is 11.6 Å². The first kappa shape index (κ1) is 26.0. The largest absolute Gasteiger partial charge is 0.491 e. The second kappa shape index (κ2) is 11.1. The molecule has 1 aromatic carbocycles. The number of aromatic nitrogens is 6. The molecule has 1 aliphatic heterocycles. The summed E-state index contributed by atoms with van der Waals surface area (Å²) in [5, 5.41) is 4.44. The van der Waals surface area contributed by atoms with Gasteiger partial charge in [0.1, 0.15) is 17.9 Å². The Labute approximate surface area is 230 Å². The third kappa shape index (κ3) is 5.06. The number of furan rings is 1. The zero-order valence-corrected chi connectivity index (χ0v) is 22.7. The minimum absolute atomic E-state index is 0.161. The molecule has 1 aliphatic rings. The first-order valence-electron chi connectivity index (χ1n) is 13.3. The van der Waals surface area contributed by atoms with E-state index in [0.29, 0.717) is 48.2 Å². The van der Waals surface area contributed by atoms with Crippen molar-refractivity contribution in [2.45, 2.75) is 13.1 Å². The summed E-state index contributed by atoms with van der Waals surface area (Å²) < 4.78 is 20.8. The lowest BCUT2D eigenvalue weighted by Crippen LogP contribution is -2.47. The summed E-state index contributed by atoms with van der Waals surface area (Å²) in [5.41, 5.74) is 8.89. The molecule has 0 spiro atoms. The Morgan fingerprint density at radius 2 is 1.75 bits per heavy atom. The van der Waals surface area contributed by atoms with Crippen LogP contribution in [0.25, 0.3) is 28.4 Å². The number of aryl methyl sites for hydroxylation is 1. The van der Waals surface area contributed by atoms with Crippen LogP contribution >= 0.6 is 0 Å². The zero-order valence-electron chi connectivity index (χ0n) is 22.7. The summed E-state index contributed by atoms with van der Waals surface area (Å²) in [6, 6.07) is 11.8. The highest BCUT2D eigenvalue weighted by atomic mass is 16.5. The van der Waals surface area contributed by atoms with Gasteiger partial charge >= 0.3 is 5.69 Å². The van der Waals surface area contributed by atoms with Crippen molar-refractivity contribution in [1.29, 1.82) is 0 Å². The highest BCUT2D eigenvalue weighted by Crippen LogP contribution is 2.23. The predicted molar refractivity (Wildman–Crippen MR) is 149 cm³/mol. The van der Waals surface area contributed by atoms with Gasteiger partial charge in [0.25, 0.3) is 0 Å². The second-order valence-corrected chi connectivity index (χ2v) is 9.89. The summed E-state index contributed by atoms with van der Waals surface area (Å²) in [7, 11) is 3.38. The topological polar surface area (TPSA) is 134 Å². The van der Waals surface area contributed by atoms with E-state index in [2.05, 4.69) is 37.0 Å². The highest BCUT2D eigenvalue weighted by Gasteiger charge is 2.23. The Hall–Kier alpha value is -4.20. The lowest BCUT2D eigenvalue weighted by molar-refractivity contribution is 0.124. The van der Waals surface area contributed by atoms with Crippen LogP contribution in [0.1, 0.15) is 5.56 Å². The number of imidazole rings is 1. The molecule has 2 N–H and O–H groups in total. The van der Waals surface area contributed by atoms with Crippen LogP contribution < -0.4 is 16.2 Å². The molecule has 13 nitrogen and oxygen atoms in total. The summed E-state index contributed by atoms with van der Waals surface area (Å²) in [4.78, 5) is 27.2. The molecule has 1 saturated heterocycles. The van der Waals surface area contributed by atoms with E-state index in [1.807, 2.05) is 12.1 Å². The first-order valence-corrected chi connectivity index (χ1v) is 13.3. The van der Waals surface area contributed by atoms with E-state index in [9.17, 15) is 4.79 Å². The number of anilines is 1. The molecule has 0 unspecified atom stereocenters. The van der Waals surface area contributed by atoms with E-state index >= 15 is 0 Å². The van der Waals surface area contributed by atoms with Crippen LogP contribution in [0.3, 0.4) is 0 Å². The summed E-state index contributed by atoms with van der Waals surface area (Å²) >= 11 is 0. The van der Waals surface area contributed by atoms with Crippen LogP contribution in [0.15, 0.2) is 51.9 Å². The first-order chi connectivity index (χ1) is 19.5. The van der Waals surface area contributed by atoms with Crippen molar-refractivity contribution in [2.75, 3.05) is 58.8 Å². The molecule has 0 radical (unpaired) electrons. The molecule has 210 valence electrons. The van der Waals surface area contributed by atoms with Crippen molar-refractivity contribution >= 4 is 22.8 Å². The van der Waals surface area contributed by atoms with Crippen LogP contribution in [-0.4, -0.2) is 91.6 Å². The molecule has 40 heavy (non-hydrogen) atoms. The highest BCUT2D eigenvalue weighted by molar-refractivity contribution is 5.88. The number of rotatable bonds is 10. The van der Waals surface area contributed by atoms with Crippen molar-refractivity contribution in [1.82, 2.24) is 38.5 Å². The number of hydrogen-bond acceptors (Lipinski definition) is 10. The van der Waals surface area contributed by atoms with Gasteiger partial charge in [-0.3, -0.25) is 18.9 Å². The van der Waals surface area contributed by atoms with Crippen molar-refractivity contribution < 1.29 is 13.9 Å². The Balaban J connectivity index is 1.10. The molecule has 0 atom stereocenters. The van der Waals surface area contributed by atoms with E-state index in [1.165, 1.54) is 10.1 Å². The van der Waals surface area contributed by atoms with Gasteiger partial charge in [-0.25, -0.2) is 9.78 Å². The van der Waals surface area contributed by atoms with Gasteiger partial charge in [-0.2, -0.15) is 9.50 Å². The smallest absolute Gasteiger partial charge is 0.330 e. The molecule has 0 bridgehead atoms. The lowest BCUT2D eigenvalue weighted by Gasteiger charge is -2.34. The third-order valence-corrected chi connectivity index (χ3v) is 7.31. The summed E-state index contributed by atoms with van der Waals surface area (Å²) in [6.07, 6.45) is 1.56. The van der Waals surface area contributed by atoms with E-state index < -0.39 is 0 Å². The fraction of sp³-hybridized carbons (Fsp3) is 0.407. The third-order valence-electron chi connectivity index (χ3n) is 7.31. The van der Waals surface area contributed by atoms with E-state index in [1.54, 1.807) is 41.7 Å². The molecule has 5 aromatic rings. The van der Waals surface area contributed by atoms with Crippen molar-refractivity contribution in [3.05, 3.63) is 58.7 Å². The molecule has 6 rings (SSSR count). The van der Waals surface area contributed by atoms with Gasteiger partial charge in [-0.1, -0.05) is 12.1 Å². The predicted octanol–water partition coefficient (Wildman–Crippen LogP) is 1.46. The minimum atomic E-state index is -0.161. The van der Waals surface area contributed by atoms with Gasteiger partial charge in [-0.05, 0) is 29.8 Å². The summed E-state index contributed by atoms with van der Waals surface area (Å²) in [6.45, 7) is 7.01. The van der Waals surface area contributed by atoms with Gasteiger partial charge < -0.3 is 19.6 Å². The molecule has 0 aliphatic carbocycles. The van der Waals surface area contributed by atoms with E-state index in [0.717, 1.165) is 45.0 Å². The maximum atomic E-state index is 13.2. The Morgan fingerprint density at radius 1 is 0.975 bits per heavy atom. The second-order valence-electron chi connectivity index (χ2n) is 9.89. The monoisotopic (exact) mass is 547 g/mol. The van der Waals surface area contributed by atoms with Gasteiger partial charge in [0.05, 0.1) is 12.9 Å². The normalized spacial score (nSPS) is 14.9. The Kier molecular flexibility index (Phi) is 7.24. The van der Waals surface area contributed by atoms with Crippen LogP contribution in [0, 0.1) is 0 Å². The van der Waals surface area contributed by atoms with Crippen molar-refractivity contribution in [3.63, 3.8) is 0 Å². The number of benzene rings is 1. The number of methoxy groups -OCH3 is 1. The quantitative estimate of drug-likeness (QED) is 0.256. The fourth-order valence-electron chi connectivity index (χ4n) is 5.11. The molecule has 0 saturated carbocycles. The average Bonchev–Trinajstić information content (AvgIpc) is 3.70. The number of ether oxygens (including phenoxy) is 2.